The van der Waals surface area contributed by atoms with Crippen LogP contribution in [0.25, 0.3) is 0 Å². The fraction of sp³-hybridized carbons (Fsp3) is 0.556. The van der Waals surface area contributed by atoms with Gasteiger partial charge in [0.1, 0.15) is 6.26 Å². The van der Waals surface area contributed by atoms with Crippen molar-refractivity contribution in [3.8, 4) is 0 Å². The molecule has 1 saturated heterocycles. The summed E-state index contributed by atoms with van der Waals surface area (Å²) in [5.41, 5.74) is 1.20. The van der Waals surface area contributed by atoms with Crippen molar-refractivity contribution in [1.82, 2.24) is 5.32 Å². The van der Waals surface area contributed by atoms with E-state index in [0.29, 0.717) is 6.04 Å². The lowest BCUT2D eigenvalue weighted by Gasteiger charge is -2.32. The van der Waals surface area contributed by atoms with Gasteiger partial charge in [-0.1, -0.05) is 0 Å². The Labute approximate surface area is 72.4 Å². The minimum Gasteiger partial charge on any atom is -0.470 e. The Morgan fingerprint density at radius 3 is 3.25 bits per heavy atom. The molecule has 1 unspecified atom stereocenters. The van der Waals surface area contributed by atoms with Crippen LogP contribution in [0.15, 0.2) is 23.0 Å². The lowest BCUT2D eigenvalue weighted by atomic mass is 10.2. The van der Waals surface area contributed by atoms with Gasteiger partial charge in [0.2, 0.25) is 0 Å². The Morgan fingerprint density at radius 1 is 1.67 bits per heavy atom. The smallest absolute Gasteiger partial charge is 0.114 e. The molecule has 0 spiro atoms. The van der Waals surface area contributed by atoms with Gasteiger partial charge in [-0.05, 0) is 13.0 Å². The second-order valence-corrected chi connectivity index (χ2v) is 3.28. The number of anilines is 1. The van der Waals surface area contributed by atoms with Crippen LogP contribution in [-0.2, 0) is 0 Å². The summed E-state index contributed by atoms with van der Waals surface area (Å²) in [6.07, 6.45) is 3.53. The summed E-state index contributed by atoms with van der Waals surface area (Å²) in [6, 6.07) is 2.59. The van der Waals surface area contributed by atoms with E-state index in [1.165, 1.54) is 5.69 Å². The summed E-state index contributed by atoms with van der Waals surface area (Å²) in [5.74, 6) is 0. The second kappa shape index (κ2) is 3.19. The van der Waals surface area contributed by atoms with Gasteiger partial charge in [0.15, 0.2) is 0 Å². The van der Waals surface area contributed by atoms with Crippen molar-refractivity contribution in [2.75, 3.05) is 24.5 Å². The summed E-state index contributed by atoms with van der Waals surface area (Å²) in [6.45, 7) is 5.40. The third-order valence-electron chi connectivity index (χ3n) is 2.24. The molecule has 0 aliphatic carbocycles. The number of nitrogens with zero attached hydrogens (tertiary/aromatic N) is 1. The normalized spacial score (nSPS) is 24.4. The summed E-state index contributed by atoms with van der Waals surface area (Å²) in [4.78, 5) is 2.34. The molecule has 66 valence electrons. The molecule has 1 fully saturated rings. The average Bonchev–Trinajstić information content (AvgIpc) is 2.56. The van der Waals surface area contributed by atoms with Crippen molar-refractivity contribution in [3.63, 3.8) is 0 Å². The van der Waals surface area contributed by atoms with E-state index in [-0.39, 0.29) is 0 Å². The predicted molar refractivity (Wildman–Crippen MR) is 48.4 cm³/mol. The van der Waals surface area contributed by atoms with Crippen molar-refractivity contribution in [2.45, 2.75) is 13.0 Å². The highest BCUT2D eigenvalue weighted by molar-refractivity contribution is 5.43. The minimum absolute atomic E-state index is 0.577. The van der Waals surface area contributed by atoms with E-state index in [4.69, 9.17) is 4.42 Å². The average molecular weight is 166 g/mol. The third kappa shape index (κ3) is 1.46. The van der Waals surface area contributed by atoms with Gasteiger partial charge in [-0.2, -0.15) is 0 Å². The Kier molecular flexibility index (Phi) is 2.04. The third-order valence-corrected chi connectivity index (χ3v) is 2.24. The van der Waals surface area contributed by atoms with E-state index in [2.05, 4.69) is 17.1 Å². The van der Waals surface area contributed by atoms with E-state index in [1.54, 1.807) is 12.5 Å². The molecule has 1 aliphatic rings. The zero-order chi connectivity index (χ0) is 8.39. The molecule has 1 atom stereocenters. The van der Waals surface area contributed by atoms with E-state index >= 15 is 0 Å². The van der Waals surface area contributed by atoms with Crippen molar-refractivity contribution >= 4 is 5.69 Å². The molecule has 1 aromatic heterocycles. The van der Waals surface area contributed by atoms with E-state index in [1.807, 2.05) is 6.07 Å². The van der Waals surface area contributed by atoms with Crippen LogP contribution < -0.4 is 10.2 Å². The van der Waals surface area contributed by atoms with Crippen LogP contribution in [0, 0.1) is 0 Å². The monoisotopic (exact) mass is 166 g/mol. The fourth-order valence-corrected chi connectivity index (χ4v) is 1.60. The molecule has 1 aromatic rings. The quantitative estimate of drug-likeness (QED) is 0.676. The molecule has 0 radical (unpaired) electrons. The van der Waals surface area contributed by atoms with Crippen LogP contribution in [0.1, 0.15) is 6.92 Å². The zero-order valence-electron chi connectivity index (χ0n) is 7.29. The zero-order valence-corrected chi connectivity index (χ0v) is 7.29. The summed E-state index contributed by atoms with van der Waals surface area (Å²) in [7, 11) is 0. The van der Waals surface area contributed by atoms with E-state index in [0.717, 1.165) is 19.6 Å². The first-order valence-electron chi connectivity index (χ1n) is 4.37. The van der Waals surface area contributed by atoms with Gasteiger partial charge in [-0.3, -0.25) is 0 Å². The molecule has 0 saturated carbocycles. The Balaban J connectivity index is 2.04. The molecule has 1 N–H and O–H groups in total. The van der Waals surface area contributed by atoms with Crippen LogP contribution in [0.5, 0.6) is 0 Å². The SMILES string of the molecule is CC1CN(c2ccoc2)CCN1. The lowest BCUT2D eigenvalue weighted by Crippen LogP contribution is -2.49. The van der Waals surface area contributed by atoms with Crippen LogP contribution in [0.3, 0.4) is 0 Å². The van der Waals surface area contributed by atoms with Gasteiger partial charge >= 0.3 is 0 Å². The molecule has 1 aliphatic heterocycles. The predicted octanol–water partition coefficient (Wildman–Crippen LogP) is 1.08. The van der Waals surface area contributed by atoms with Crippen LogP contribution in [0.2, 0.25) is 0 Å². The van der Waals surface area contributed by atoms with Crippen molar-refractivity contribution in [2.24, 2.45) is 0 Å². The summed E-state index contributed by atoms with van der Waals surface area (Å²) < 4.78 is 5.04. The first-order valence-corrected chi connectivity index (χ1v) is 4.37. The fourth-order valence-electron chi connectivity index (χ4n) is 1.60. The van der Waals surface area contributed by atoms with Gasteiger partial charge < -0.3 is 14.6 Å². The van der Waals surface area contributed by atoms with Gasteiger partial charge in [-0.25, -0.2) is 0 Å². The first-order chi connectivity index (χ1) is 5.86. The maximum absolute atomic E-state index is 5.04. The molecule has 2 heterocycles. The molecule has 3 nitrogen and oxygen atoms in total. The number of furan rings is 1. The second-order valence-electron chi connectivity index (χ2n) is 3.28. The van der Waals surface area contributed by atoms with Gasteiger partial charge in [-0.15, -0.1) is 0 Å². The van der Waals surface area contributed by atoms with E-state index < -0.39 is 0 Å². The molecule has 12 heavy (non-hydrogen) atoms. The van der Waals surface area contributed by atoms with Gasteiger partial charge in [0.25, 0.3) is 0 Å². The Morgan fingerprint density at radius 2 is 2.58 bits per heavy atom. The molecule has 3 heteroatoms. The largest absolute Gasteiger partial charge is 0.470 e. The lowest BCUT2D eigenvalue weighted by molar-refractivity contribution is 0.482. The molecular weight excluding hydrogens is 152 g/mol. The van der Waals surface area contributed by atoms with Crippen molar-refractivity contribution < 1.29 is 4.42 Å². The maximum Gasteiger partial charge on any atom is 0.114 e. The molecule has 0 bridgehead atoms. The minimum atomic E-state index is 0.577. The highest BCUT2D eigenvalue weighted by Crippen LogP contribution is 2.15. The number of hydrogen-bond donors (Lipinski definition) is 1. The van der Waals surface area contributed by atoms with Gasteiger partial charge in [0.05, 0.1) is 12.0 Å². The van der Waals surface area contributed by atoms with Crippen LogP contribution in [-0.4, -0.2) is 25.7 Å². The highest BCUT2D eigenvalue weighted by atomic mass is 16.3. The van der Waals surface area contributed by atoms with Crippen molar-refractivity contribution in [1.29, 1.82) is 0 Å². The summed E-state index contributed by atoms with van der Waals surface area (Å²) in [5, 5.41) is 3.40. The number of piperazine rings is 1. The Bertz CT molecular complexity index is 233. The van der Waals surface area contributed by atoms with Gasteiger partial charge in [0, 0.05) is 25.7 Å². The highest BCUT2D eigenvalue weighted by Gasteiger charge is 2.15. The van der Waals surface area contributed by atoms with E-state index in [9.17, 15) is 0 Å². The maximum atomic E-state index is 5.04. The standard InChI is InChI=1S/C9H14N2O/c1-8-6-11(4-3-10-8)9-2-5-12-7-9/h2,5,7-8,10H,3-4,6H2,1H3. The number of rotatable bonds is 1. The topological polar surface area (TPSA) is 28.4 Å². The van der Waals surface area contributed by atoms with Crippen molar-refractivity contribution in [3.05, 3.63) is 18.6 Å². The summed E-state index contributed by atoms with van der Waals surface area (Å²) >= 11 is 0. The van der Waals surface area contributed by atoms with Crippen LogP contribution in [0.4, 0.5) is 5.69 Å². The number of hydrogen-bond acceptors (Lipinski definition) is 3. The molecular formula is C9H14N2O. The number of nitrogens with one attached hydrogen (secondary N) is 1. The molecule has 0 amide bonds. The molecule has 0 aromatic carbocycles. The molecule has 2 rings (SSSR count). The Hall–Kier alpha value is -0.960. The first kappa shape index (κ1) is 7.68. The van der Waals surface area contributed by atoms with Crippen LogP contribution >= 0.6 is 0 Å².